The highest BCUT2D eigenvalue weighted by Gasteiger charge is 2.35. The predicted molar refractivity (Wildman–Crippen MR) is 75.9 cm³/mol. The van der Waals surface area contributed by atoms with Crippen molar-refractivity contribution >= 4 is 0 Å². The molecule has 94 valence electrons. The number of rotatable bonds is 1. The van der Waals surface area contributed by atoms with Crippen LogP contribution in [0.1, 0.15) is 73.8 Å². The number of aryl methyl sites for hydroxylation is 1. The fourth-order valence-corrected chi connectivity index (χ4v) is 3.47. The first-order valence-corrected chi connectivity index (χ1v) is 7.02. The molecule has 17 heavy (non-hydrogen) atoms. The summed E-state index contributed by atoms with van der Waals surface area (Å²) >= 11 is 0. The lowest BCUT2D eigenvalue weighted by Crippen LogP contribution is -2.29. The Morgan fingerprint density at radius 2 is 1.88 bits per heavy atom. The molecule has 0 fully saturated rings. The van der Waals surface area contributed by atoms with Crippen molar-refractivity contribution in [2.45, 2.75) is 72.1 Å². The Kier molecular flexibility index (Phi) is 3.10. The second-order valence-electron chi connectivity index (χ2n) is 6.26. The Hall–Kier alpha value is -0.780. The van der Waals surface area contributed by atoms with Crippen LogP contribution in [0.15, 0.2) is 6.07 Å². The van der Waals surface area contributed by atoms with Crippen molar-refractivity contribution in [1.82, 2.24) is 0 Å². The molecule has 2 atom stereocenters. The quantitative estimate of drug-likeness (QED) is 0.624. The van der Waals surface area contributed by atoms with Gasteiger partial charge in [0.25, 0.3) is 0 Å². The zero-order valence-corrected chi connectivity index (χ0v) is 12.3. The summed E-state index contributed by atoms with van der Waals surface area (Å²) in [6.07, 6.45) is 3.95. The first kappa shape index (κ1) is 12.7. The lowest BCUT2D eigenvalue weighted by atomic mass is 9.64. The third-order valence-electron chi connectivity index (χ3n) is 5.23. The number of hydrogen-bond acceptors (Lipinski definition) is 0. The van der Waals surface area contributed by atoms with Crippen LogP contribution in [0.25, 0.3) is 0 Å². The second kappa shape index (κ2) is 4.15. The maximum absolute atomic E-state index is 2.46. The van der Waals surface area contributed by atoms with Crippen molar-refractivity contribution in [3.63, 3.8) is 0 Å². The topological polar surface area (TPSA) is 0 Å². The molecule has 1 aromatic rings. The summed E-state index contributed by atoms with van der Waals surface area (Å²) in [4.78, 5) is 0. The zero-order valence-electron chi connectivity index (χ0n) is 12.3. The van der Waals surface area contributed by atoms with E-state index in [0.717, 1.165) is 5.92 Å². The van der Waals surface area contributed by atoms with E-state index < -0.39 is 0 Å². The van der Waals surface area contributed by atoms with Crippen molar-refractivity contribution in [2.24, 2.45) is 0 Å². The van der Waals surface area contributed by atoms with Gasteiger partial charge in [-0.25, -0.2) is 0 Å². The Bertz CT molecular complexity index is 442. The van der Waals surface area contributed by atoms with Crippen LogP contribution in [0.4, 0.5) is 0 Å². The Balaban J connectivity index is 2.73. The lowest BCUT2D eigenvalue weighted by Gasteiger charge is -2.40. The molecule has 1 aliphatic carbocycles. The van der Waals surface area contributed by atoms with Crippen molar-refractivity contribution in [1.29, 1.82) is 0 Å². The van der Waals surface area contributed by atoms with Gasteiger partial charge in [-0.2, -0.15) is 0 Å². The summed E-state index contributed by atoms with van der Waals surface area (Å²) in [6, 6.07) is 2.45. The normalized spacial score (nSPS) is 28.0. The standard InChI is InChI=1S/C17H26/c1-7-17(6)9-8-11(2)15-10-12(3)13(4)14(5)16(15)17/h10-11H,7-9H2,1-6H3. The molecule has 0 saturated heterocycles. The minimum Gasteiger partial charge on any atom is -0.0645 e. The first-order valence-electron chi connectivity index (χ1n) is 7.02. The number of benzene rings is 1. The summed E-state index contributed by atoms with van der Waals surface area (Å²) in [7, 11) is 0. The van der Waals surface area contributed by atoms with E-state index in [0.29, 0.717) is 5.41 Å². The minimum absolute atomic E-state index is 0.407. The summed E-state index contributed by atoms with van der Waals surface area (Å²) < 4.78 is 0. The predicted octanol–water partition coefficient (Wildman–Crippen LogP) is 5.18. The van der Waals surface area contributed by atoms with E-state index >= 15 is 0 Å². The molecule has 0 nitrogen and oxygen atoms in total. The fourth-order valence-electron chi connectivity index (χ4n) is 3.47. The van der Waals surface area contributed by atoms with Crippen LogP contribution in [0.3, 0.4) is 0 Å². The van der Waals surface area contributed by atoms with Gasteiger partial charge in [-0.3, -0.25) is 0 Å². The molecule has 2 rings (SSSR count). The SMILES string of the molecule is CCC1(C)CCC(C)c2cc(C)c(C)c(C)c21. The largest absolute Gasteiger partial charge is 0.0645 e. The number of fused-ring (bicyclic) bond motifs is 1. The van der Waals surface area contributed by atoms with Crippen LogP contribution in [-0.4, -0.2) is 0 Å². The van der Waals surface area contributed by atoms with Gasteiger partial charge in [0, 0.05) is 0 Å². The summed E-state index contributed by atoms with van der Waals surface area (Å²) in [5, 5.41) is 0. The van der Waals surface area contributed by atoms with Crippen molar-refractivity contribution in [3.05, 3.63) is 33.9 Å². The molecule has 0 radical (unpaired) electrons. The minimum atomic E-state index is 0.407. The van der Waals surface area contributed by atoms with Crippen LogP contribution in [0.2, 0.25) is 0 Å². The zero-order chi connectivity index (χ0) is 12.8. The van der Waals surface area contributed by atoms with E-state index in [2.05, 4.69) is 47.6 Å². The monoisotopic (exact) mass is 230 g/mol. The molecule has 0 spiro atoms. The fraction of sp³-hybridized carbons (Fsp3) is 0.647. The molecule has 0 heteroatoms. The van der Waals surface area contributed by atoms with Gasteiger partial charge in [-0.15, -0.1) is 0 Å². The highest BCUT2D eigenvalue weighted by atomic mass is 14.4. The highest BCUT2D eigenvalue weighted by Crippen LogP contribution is 2.47. The number of hydrogen-bond donors (Lipinski definition) is 0. The van der Waals surface area contributed by atoms with Crippen LogP contribution in [0, 0.1) is 20.8 Å². The van der Waals surface area contributed by atoms with E-state index in [1.54, 1.807) is 16.7 Å². The van der Waals surface area contributed by atoms with Gasteiger partial charge in [0.15, 0.2) is 0 Å². The molecule has 0 aliphatic heterocycles. The van der Waals surface area contributed by atoms with Crippen LogP contribution >= 0.6 is 0 Å². The molecule has 1 aliphatic rings. The third-order valence-corrected chi connectivity index (χ3v) is 5.23. The van der Waals surface area contributed by atoms with Crippen LogP contribution in [0.5, 0.6) is 0 Å². The van der Waals surface area contributed by atoms with Gasteiger partial charge in [-0.1, -0.05) is 26.8 Å². The second-order valence-corrected chi connectivity index (χ2v) is 6.26. The molecule has 0 heterocycles. The molecule has 0 saturated carbocycles. The Morgan fingerprint density at radius 1 is 1.24 bits per heavy atom. The van der Waals surface area contributed by atoms with Gasteiger partial charge >= 0.3 is 0 Å². The molecule has 2 unspecified atom stereocenters. The van der Waals surface area contributed by atoms with Gasteiger partial charge in [0.05, 0.1) is 0 Å². The maximum atomic E-state index is 2.46. The smallest absolute Gasteiger partial charge is 0.00721 e. The highest BCUT2D eigenvalue weighted by molar-refractivity contribution is 5.50. The third kappa shape index (κ3) is 1.82. The Morgan fingerprint density at radius 3 is 2.47 bits per heavy atom. The van der Waals surface area contributed by atoms with Crippen molar-refractivity contribution in [2.75, 3.05) is 0 Å². The molecule has 0 bridgehead atoms. The molecule has 0 aromatic heterocycles. The van der Waals surface area contributed by atoms with Gasteiger partial charge in [0.1, 0.15) is 0 Å². The molecule has 0 amide bonds. The summed E-state index contributed by atoms with van der Waals surface area (Å²) in [5.41, 5.74) is 8.22. The van der Waals surface area contributed by atoms with E-state index in [9.17, 15) is 0 Å². The van der Waals surface area contributed by atoms with E-state index in [4.69, 9.17) is 0 Å². The summed E-state index contributed by atoms with van der Waals surface area (Å²) in [6.45, 7) is 14.1. The van der Waals surface area contributed by atoms with E-state index in [1.165, 1.54) is 30.4 Å². The van der Waals surface area contributed by atoms with Gasteiger partial charge in [0.2, 0.25) is 0 Å². The molecular formula is C17H26. The molecule has 0 N–H and O–H groups in total. The van der Waals surface area contributed by atoms with E-state index in [1.807, 2.05) is 0 Å². The summed E-state index contributed by atoms with van der Waals surface area (Å²) in [5.74, 6) is 0.739. The van der Waals surface area contributed by atoms with Crippen LogP contribution in [-0.2, 0) is 5.41 Å². The average molecular weight is 230 g/mol. The van der Waals surface area contributed by atoms with Gasteiger partial charge < -0.3 is 0 Å². The van der Waals surface area contributed by atoms with Gasteiger partial charge in [-0.05, 0) is 79.2 Å². The molecule has 1 aromatic carbocycles. The van der Waals surface area contributed by atoms with E-state index in [-0.39, 0.29) is 0 Å². The lowest BCUT2D eigenvalue weighted by molar-refractivity contribution is 0.357. The van der Waals surface area contributed by atoms with Crippen molar-refractivity contribution in [3.8, 4) is 0 Å². The van der Waals surface area contributed by atoms with Crippen LogP contribution < -0.4 is 0 Å². The first-order chi connectivity index (χ1) is 7.90. The maximum Gasteiger partial charge on any atom is -0.00721 e. The Labute approximate surface area is 106 Å². The molecular weight excluding hydrogens is 204 g/mol. The average Bonchev–Trinajstić information content (AvgIpc) is 2.31. The van der Waals surface area contributed by atoms with Crippen molar-refractivity contribution < 1.29 is 0 Å².